The number of anilines is 2. The lowest BCUT2D eigenvalue weighted by atomic mass is 9.95. The van der Waals surface area contributed by atoms with Crippen molar-refractivity contribution in [3.8, 4) is 5.75 Å². The van der Waals surface area contributed by atoms with E-state index in [9.17, 15) is 0 Å². The Bertz CT molecular complexity index is 417. The van der Waals surface area contributed by atoms with Crippen LogP contribution in [0.25, 0.3) is 0 Å². The molecular weight excluding hydrogens is 236 g/mol. The van der Waals surface area contributed by atoms with Crippen molar-refractivity contribution >= 4 is 11.4 Å². The van der Waals surface area contributed by atoms with E-state index >= 15 is 0 Å². The highest BCUT2D eigenvalue weighted by atomic mass is 16.5. The first-order valence-electron chi connectivity index (χ1n) is 7.39. The molecule has 2 N–H and O–H groups in total. The summed E-state index contributed by atoms with van der Waals surface area (Å²) in [6, 6.07) is 6.16. The third-order valence-electron chi connectivity index (χ3n) is 3.99. The Hall–Kier alpha value is -1.38. The second-order valence-corrected chi connectivity index (χ2v) is 5.81. The number of ether oxygens (including phenoxy) is 1. The van der Waals surface area contributed by atoms with Crippen LogP contribution in [0, 0.1) is 11.8 Å². The minimum Gasteiger partial charge on any atom is -0.491 e. The fraction of sp³-hybridized carbons (Fsp3) is 0.625. The van der Waals surface area contributed by atoms with Crippen molar-refractivity contribution < 1.29 is 4.74 Å². The van der Waals surface area contributed by atoms with Crippen molar-refractivity contribution in [3.63, 3.8) is 0 Å². The van der Waals surface area contributed by atoms with E-state index in [1.807, 2.05) is 6.07 Å². The Morgan fingerprint density at radius 2 is 2.21 bits per heavy atom. The fourth-order valence-electron chi connectivity index (χ4n) is 2.62. The molecule has 1 aromatic carbocycles. The van der Waals surface area contributed by atoms with Crippen molar-refractivity contribution in [3.05, 3.63) is 18.2 Å². The van der Waals surface area contributed by atoms with Crippen LogP contribution in [-0.4, -0.2) is 19.7 Å². The number of nitrogens with two attached hydrogens (primary N) is 1. The first-order valence-corrected chi connectivity index (χ1v) is 7.39. The average molecular weight is 262 g/mol. The molecule has 0 spiro atoms. The highest BCUT2D eigenvalue weighted by Gasteiger charge is 2.25. The Kier molecular flexibility index (Phi) is 4.56. The number of benzene rings is 1. The molecule has 1 atom stereocenters. The second kappa shape index (κ2) is 6.18. The number of rotatable bonds is 5. The Morgan fingerprint density at radius 1 is 1.42 bits per heavy atom. The zero-order valence-electron chi connectivity index (χ0n) is 12.4. The average Bonchev–Trinajstić information content (AvgIpc) is 2.87. The molecule has 1 unspecified atom stereocenters. The third kappa shape index (κ3) is 3.34. The number of nitrogens with zero attached hydrogens (tertiary/aromatic N) is 1. The Morgan fingerprint density at radius 3 is 2.84 bits per heavy atom. The van der Waals surface area contributed by atoms with Crippen LogP contribution in [0.2, 0.25) is 0 Å². The molecule has 2 rings (SSSR count). The predicted octanol–water partition coefficient (Wildman–Crippen LogP) is 3.54. The Labute approximate surface area is 116 Å². The minimum absolute atomic E-state index is 0.724. The summed E-state index contributed by atoms with van der Waals surface area (Å²) in [5, 5.41) is 0. The van der Waals surface area contributed by atoms with Gasteiger partial charge in [0.15, 0.2) is 0 Å². The lowest BCUT2D eigenvalue weighted by Gasteiger charge is -2.21. The fourth-order valence-corrected chi connectivity index (χ4v) is 2.62. The van der Waals surface area contributed by atoms with Crippen molar-refractivity contribution in [1.82, 2.24) is 0 Å². The molecule has 0 aromatic heterocycles. The van der Waals surface area contributed by atoms with Crippen LogP contribution < -0.4 is 15.4 Å². The highest BCUT2D eigenvalue weighted by molar-refractivity contribution is 5.62. The predicted molar refractivity (Wildman–Crippen MR) is 81.8 cm³/mol. The van der Waals surface area contributed by atoms with E-state index in [1.165, 1.54) is 12.1 Å². The normalized spacial score (nSPS) is 19.2. The second-order valence-electron chi connectivity index (χ2n) is 5.81. The van der Waals surface area contributed by atoms with Gasteiger partial charge in [-0.3, -0.25) is 0 Å². The lowest BCUT2D eigenvalue weighted by molar-refractivity contribution is 0.319. The number of nitrogen functional groups attached to an aromatic ring is 1. The highest BCUT2D eigenvalue weighted by Crippen LogP contribution is 2.32. The molecule has 1 aliphatic heterocycles. The molecule has 0 radical (unpaired) electrons. The lowest BCUT2D eigenvalue weighted by Crippen LogP contribution is -2.21. The van der Waals surface area contributed by atoms with Crippen LogP contribution >= 0.6 is 0 Å². The van der Waals surface area contributed by atoms with Crippen LogP contribution in [0.4, 0.5) is 11.4 Å². The summed E-state index contributed by atoms with van der Waals surface area (Å²) < 4.78 is 5.71. The van der Waals surface area contributed by atoms with Crippen LogP contribution in [-0.2, 0) is 0 Å². The zero-order valence-corrected chi connectivity index (χ0v) is 12.4. The van der Waals surface area contributed by atoms with Crippen LogP contribution in [0.1, 0.15) is 33.6 Å². The van der Waals surface area contributed by atoms with E-state index in [0.29, 0.717) is 0 Å². The summed E-state index contributed by atoms with van der Waals surface area (Å²) >= 11 is 0. The van der Waals surface area contributed by atoms with Gasteiger partial charge in [0, 0.05) is 24.8 Å². The van der Waals surface area contributed by atoms with E-state index in [1.54, 1.807) is 0 Å². The van der Waals surface area contributed by atoms with Gasteiger partial charge < -0.3 is 15.4 Å². The summed E-state index contributed by atoms with van der Waals surface area (Å²) in [5.74, 6) is 2.39. The molecule has 3 nitrogen and oxygen atoms in total. The van der Waals surface area contributed by atoms with Gasteiger partial charge in [0.05, 0.1) is 12.3 Å². The topological polar surface area (TPSA) is 38.5 Å². The molecule has 19 heavy (non-hydrogen) atoms. The van der Waals surface area contributed by atoms with Gasteiger partial charge in [-0.05, 0) is 36.8 Å². The number of hydrogen-bond donors (Lipinski definition) is 1. The van der Waals surface area contributed by atoms with Crippen molar-refractivity contribution in [2.45, 2.75) is 33.6 Å². The van der Waals surface area contributed by atoms with Crippen molar-refractivity contribution in [2.24, 2.45) is 11.8 Å². The first-order chi connectivity index (χ1) is 9.11. The van der Waals surface area contributed by atoms with Gasteiger partial charge in [0.25, 0.3) is 0 Å². The molecule has 1 heterocycles. The molecule has 3 heteroatoms. The van der Waals surface area contributed by atoms with Gasteiger partial charge >= 0.3 is 0 Å². The molecule has 1 aliphatic rings. The summed E-state index contributed by atoms with van der Waals surface area (Å²) in [7, 11) is 0. The van der Waals surface area contributed by atoms with Crippen LogP contribution in [0.3, 0.4) is 0 Å². The first kappa shape index (κ1) is 14.0. The van der Waals surface area contributed by atoms with Gasteiger partial charge in [-0.2, -0.15) is 0 Å². The third-order valence-corrected chi connectivity index (χ3v) is 3.99. The summed E-state index contributed by atoms with van der Waals surface area (Å²) in [5.41, 5.74) is 7.93. The quantitative estimate of drug-likeness (QED) is 0.825. The Balaban J connectivity index is 2.08. The van der Waals surface area contributed by atoms with E-state index in [0.717, 1.165) is 49.4 Å². The smallest absolute Gasteiger partial charge is 0.144 e. The molecule has 106 valence electrons. The van der Waals surface area contributed by atoms with E-state index in [2.05, 4.69) is 37.8 Å². The maximum Gasteiger partial charge on any atom is 0.144 e. The van der Waals surface area contributed by atoms with Crippen LogP contribution in [0.5, 0.6) is 5.75 Å². The van der Waals surface area contributed by atoms with Gasteiger partial charge in [-0.1, -0.05) is 20.8 Å². The summed E-state index contributed by atoms with van der Waals surface area (Å²) in [4.78, 5) is 2.45. The van der Waals surface area contributed by atoms with Gasteiger partial charge in [-0.15, -0.1) is 0 Å². The molecule has 0 saturated carbocycles. The molecule has 0 bridgehead atoms. The molecule has 1 aromatic rings. The van der Waals surface area contributed by atoms with Gasteiger partial charge in [-0.25, -0.2) is 0 Å². The molecule has 1 fully saturated rings. The zero-order chi connectivity index (χ0) is 13.8. The van der Waals surface area contributed by atoms with E-state index < -0.39 is 0 Å². The molecule has 0 amide bonds. The van der Waals surface area contributed by atoms with Crippen molar-refractivity contribution in [1.29, 1.82) is 0 Å². The van der Waals surface area contributed by atoms with E-state index in [4.69, 9.17) is 10.5 Å². The SMILES string of the molecule is CCCOc1cc(N2CCC(C(C)C)C2)ccc1N. The molecular formula is C16H26N2O. The molecule has 0 aliphatic carbocycles. The standard InChI is InChI=1S/C16H26N2O/c1-4-9-19-16-10-14(5-6-15(16)17)18-8-7-13(11-18)12(2)3/h5-6,10,12-13H,4,7-9,11,17H2,1-3H3. The van der Waals surface area contributed by atoms with Crippen LogP contribution in [0.15, 0.2) is 18.2 Å². The summed E-state index contributed by atoms with van der Waals surface area (Å²) in [6.07, 6.45) is 2.29. The maximum absolute atomic E-state index is 5.96. The maximum atomic E-state index is 5.96. The minimum atomic E-state index is 0.724. The van der Waals surface area contributed by atoms with Crippen molar-refractivity contribution in [2.75, 3.05) is 30.3 Å². The summed E-state index contributed by atoms with van der Waals surface area (Å²) in [6.45, 7) is 9.74. The van der Waals surface area contributed by atoms with Gasteiger partial charge in [0.2, 0.25) is 0 Å². The van der Waals surface area contributed by atoms with E-state index in [-0.39, 0.29) is 0 Å². The van der Waals surface area contributed by atoms with Gasteiger partial charge in [0.1, 0.15) is 5.75 Å². The monoisotopic (exact) mass is 262 g/mol. The number of hydrogen-bond acceptors (Lipinski definition) is 3. The molecule has 1 saturated heterocycles. The largest absolute Gasteiger partial charge is 0.491 e.